The summed E-state index contributed by atoms with van der Waals surface area (Å²) >= 11 is 0. The Morgan fingerprint density at radius 3 is 1.00 bits per heavy atom. The van der Waals surface area contributed by atoms with Crippen molar-refractivity contribution in [1.82, 2.24) is 4.57 Å². The van der Waals surface area contributed by atoms with Gasteiger partial charge in [-0.1, -0.05) is 158 Å². The number of aromatic nitrogens is 2. The quantitative estimate of drug-likeness (QED) is 0.0590. The maximum Gasteiger partial charge on any atom is 0.254 e. The molecule has 0 aliphatic heterocycles. The van der Waals surface area contributed by atoms with Crippen molar-refractivity contribution in [2.75, 3.05) is 14.2 Å². The Balaban J connectivity index is 2.49. The summed E-state index contributed by atoms with van der Waals surface area (Å²) in [6.07, 6.45) is 37.0. The van der Waals surface area contributed by atoms with Gasteiger partial charge in [-0.3, -0.25) is 0 Å². The van der Waals surface area contributed by atoms with Gasteiger partial charge in [0.15, 0.2) is 0 Å². The van der Waals surface area contributed by atoms with Crippen LogP contribution in [0.25, 0.3) is 11.4 Å². The molecule has 0 fully saturated rings. The third-order valence-electron chi connectivity index (χ3n) is 12.9. The predicted octanol–water partition coefficient (Wildman–Crippen LogP) is 16.6. The lowest BCUT2D eigenvalue weighted by Gasteiger charge is -2.26. The van der Waals surface area contributed by atoms with Crippen molar-refractivity contribution in [3.63, 3.8) is 0 Å². The molecule has 0 amide bonds. The number of nitrogens with zero attached hydrogens (tertiary/aromatic N) is 2. The van der Waals surface area contributed by atoms with E-state index in [4.69, 9.17) is 9.47 Å². The Kier molecular flexibility index (Phi) is 23.8. The van der Waals surface area contributed by atoms with Gasteiger partial charge in [0.1, 0.15) is 35.3 Å². The lowest BCUT2D eigenvalue weighted by atomic mass is 9.81. The van der Waals surface area contributed by atoms with Gasteiger partial charge in [0.25, 0.3) is 6.33 Å². The van der Waals surface area contributed by atoms with E-state index in [0.717, 1.165) is 11.5 Å². The molecule has 0 N–H and O–H groups in total. The zero-order valence-electron chi connectivity index (χ0n) is 39.0. The summed E-state index contributed by atoms with van der Waals surface area (Å²) in [5, 5.41) is 0. The Bertz CT molecular complexity index is 1280. The van der Waals surface area contributed by atoms with Crippen molar-refractivity contribution >= 4 is 0 Å². The normalized spacial score (nSPS) is 11.9. The maximum absolute atomic E-state index is 6.19. The molecule has 0 aliphatic carbocycles. The van der Waals surface area contributed by atoms with Crippen LogP contribution >= 0.6 is 0 Å². The second-order valence-corrected chi connectivity index (χ2v) is 17.5. The van der Waals surface area contributed by atoms with Crippen molar-refractivity contribution < 1.29 is 14.0 Å². The van der Waals surface area contributed by atoms with Gasteiger partial charge >= 0.3 is 0 Å². The fourth-order valence-electron chi connectivity index (χ4n) is 9.42. The standard InChI is InChI=1S/C53H89N2O2/c1-11-19-27-42(28-20-12-2)48-37-46(56-9)38-49(43(29-21-13-3)30-22-14-4)52(48)54-35-36-55(41-54)53-50(44(31-23-15-5)32-24-16-6)39-47(57-10)40-51(53)45(33-25-17-7)34-26-18-8/h35-45H,11-34H2,1-10H3/q+1. The number of ether oxygens (including phenoxy) is 2. The van der Waals surface area contributed by atoms with Gasteiger partial charge in [-0.2, -0.15) is 0 Å². The van der Waals surface area contributed by atoms with Crippen molar-refractivity contribution in [2.24, 2.45) is 0 Å². The Morgan fingerprint density at radius 2 is 0.719 bits per heavy atom. The van der Waals surface area contributed by atoms with Crippen molar-refractivity contribution in [3.8, 4) is 22.9 Å². The molecule has 1 heterocycles. The predicted molar refractivity (Wildman–Crippen MR) is 248 cm³/mol. The second kappa shape index (κ2) is 27.8. The lowest BCUT2D eigenvalue weighted by molar-refractivity contribution is -0.596. The molecule has 57 heavy (non-hydrogen) atoms. The number of imidazole rings is 1. The van der Waals surface area contributed by atoms with Crippen LogP contribution in [0.15, 0.2) is 43.0 Å². The fourth-order valence-corrected chi connectivity index (χ4v) is 9.42. The zero-order valence-corrected chi connectivity index (χ0v) is 39.0. The first kappa shape index (κ1) is 48.6. The average molecular weight is 786 g/mol. The number of benzene rings is 2. The summed E-state index contributed by atoms with van der Waals surface area (Å²) in [4.78, 5) is 0. The molecular formula is C53H89N2O2+. The van der Waals surface area contributed by atoms with Gasteiger partial charge in [-0.05, 0) is 99.3 Å². The molecule has 3 rings (SSSR count). The summed E-state index contributed by atoms with van der Waals surface area (Å²) < 4.78 is 17.5. The van der Waals surface area contributed by atoms with Crippen LogP contribution in [0.5, 0.6) is 11.5 Å². The smallest absolute Gasteiger partial charge is 0.254 e. The lowest BCUT2D eigenvalue weighted by Crippen LogP contribution is -2.33. The fraction of sp³-hybridized carbons (Fsp3) is 0.717. The zero-order chi connectivity index (χ0) is 41.4. The minimum absolute atomic E-state index is 0.509. The van der Waals surface area contributed by atoms with Crippen LogP contribution in [-0.4, -0.2) is 18.8 Å². The van der Waals surface area contributed by atoms with E-state index < -0.39 is 0 Å². The molecule has 4 heteroatoms. The summed E-state index contributed by atoms with van der Waals surface area (Å²) in [7, 11) is 3.75. The van der Waals surface area contributed by atoms with E-state index in [1.54, 1.807) is 0 Å². The maximum atomic E-state index is 6.19. The van der Waals surface area contributed by atoms with Gasteiger partial charge in [-0.15, -0.1) is 0 Å². The molecule has 0 aliphatic rings. The molecule has 322 valence electrons. The molecule has 0 saturated carbocycles. The van der Waals surface area contributed by atoms with Crippen LogP contribution in [0.4, 0.5) is 0 Å². The molecule has 3 aromatic rings. The average Bonchev–Trinajstić information content (AvgIpc) is 3.72. The Hall–Kier alpha value is -2.75. The van der Waals surface area contributed by atoms with E-state index in [1.807, 2.05) is 14.2 Å². The van der Waals surface area contributed by atoms with Crippen molar-refractivity contribution in [1.29, 1.82) is 0 Å². The molecule has 2 aromatic carbocycles. The minimum atomic E-state index is 0.509. The third kappa shape index (κ3) is 14.5. The van der Waals surface area contributed by atoms with Crippen molar-refractivity contribution in [2.45, 2.75) is 233 Å². The molecule has 0 bridgehead atoms. The molecule has 4 nitrogen and oxygen atoms in total. The number of unbranched alkanes of at least 4 members (excludes halogenated alkanes) is 8. The highest BCUT2D eigenvalue weighted by Crippen LogP contribution is 2.43. The number of rotatable bonds is 32. The van der Waals surface area contributed by atoms with Crippen LogP contribution in [0.2, 0.25) is 0 Å². The third-order valence-corrected chi connectivity index (χ3v) is 12.9. The van der Waals surface area contributed by atoms with Crippen LogP contribution in [0.3, 0.4) is 0 Å². The highest BCUT2D eigenvalue weighted by molar-refractivity contribution is 5.56. The number of hydrogen-bond donors (Lipinski definition) is 0. The number of hydrogen-bond acceptors (Lipinski definition) is 2. The van der Waals surface area contributed by atoms with Gasteiger partial charge < -0.3 is 9.47 Å². The molecule has 0 radical (unpaired) electrons. The second-order valence-electron chi connectivity index (χ2n) is 17.5. The SMILES string of the molecule is CCCCC(CCCC)c1cc(OC)cc(C(CCCC)CCCC)c1-n1cc[n+](-c2c(C(CCCC)CCCC)cc(OC)cc2C(CCCC)CCCC)c1. The molecule has 1 aromatic heterocycles. The van der Waals surface area contributed by atoms with Crippen molar-refractivity contribution in [3.05, 3.63) is 65.2 Å². The topological polar surface area (TPSA) is 27.3 Å². The minimum Gasteiger partial charge on any atom is -0.497 e. The van der Waals surface area contributed by atoms with Crippen LogP contribution < -0.4 is 14.0 Å². The molecule has 0 spiro atoms. The Labute approximate surface area is 352 Å². The first-order valence-corrected chi connectivity index (χ1v) is 24.4. The molecule has 0 unspecified atom stereocenters. The van der Waals surface area contributed by atoms with E-state index >= 15 is 0 Å². The van der Waals surface area contributed by atoms with Gasteiger partial charge in [0.2, 0.25) is 0 Å². The van der Waals surface area contributed by atoms with E-state index in [9.17, 15) is 0 Å². The summed E-state index contributed by atoms with van der Waals surface area (Å²) in [6, 6.07) is 9.71. The van der Waals surface area contributed by atoms with E-state index in [-0.39, 0.29) is 0 Å². The summed E-state index contributed by atoms with van der Waals surface area (Å²) in [5.74, 6) is 4.10. The van der Waals surface area contributed by atoms with Gasteiger partial charge in [0, 0.05) is 22.3 Å². The highest BCUT2D eigenvalue weighted by atomic mass is 16.5. The molecular weight excluding hydrogens is 697 g/mol. The van der Waals surface area contributed by atoms with Gasteiger partial charge in [0.05, 0.1) is 14.2 Å². The molecule has 0 saturated heterocycles. The molecule has 0 atom stereocenters. The van der Waals surface area contributed by atoms with Gasteiger partial charge in [-0.25, -0.2) is 9.13 Å². The summed E-state index contributed by atoms with van der Waals surface area (Å²) in [6.45, 7) is 18.8. The monoisotopic (exact) mass is 786 g/mol. The first-order valence-electron chi connectivity index (χ1n) is 24.4. The highest BCUT2D eigenvalue weighted by Gasteiger charge is 2.31. The first-order chi connectivity index (χ1) is 27.9. The Morgan fingerprint density at radius 1 is 0.439 bits per heavy atom. The largest absolute Gasteiger partial charge is 0.497 e. The number of methoxy groups -OCH3 is 2. The van der Waals surface area contributed by atoms with Crippen LogP contribution in [0.1, 0.15) is 255 Å². The van der Waals surface area contributed by atoms with E-state index in [1.165, 1.54) is 188 Å². The van der Waals surface area contributed by atoms with E-state index in [0.29, 0.717) is 23.7 Å². The van der Waals surface area contributed by atoms with E-state index in [2.05, 4.69) is 108 Å². The van der Waals surface area contributed by atoms with Crippen LogP contribution in [-0.2, 0) is 0 Å². The van der Waals surface area contributed by atoms with Crippen LogP contribution in [0, 0.1) is 0 Å². The summed E-state index contributed by atoms with van der Waals surface area (Å²) in [5.41, 5.74) is 8.85.